The molecular weight excluding hydrogens is 436 g/mol. The summed E-state index contributed by atoms with van der Waals surface area (Å²) in [6, 6.07) is 4.20. The SMILES string of the molecule is CCCCc1cc2c(c(C=O)c1O)C1(CC2(C)C)CC(C)(C)c2cc(CCCC)c(O)c(C=O)c21. The molecule has 2 aliphatic rings. The third-order valence-corrected chi connectivity index (χ3v) is 8.57. The van der Waals surface area contributed by atoms with Gasteiger partial charge in [-0.3, -0.25) is 9.59 Å². The number of carbonyl (C=O) groups excluding carboxylic acids is 2. The first-order valence-electron chi connectivity index (χ1n) is 13.2. The number of fused-ring (bicyclic) bond motifs is 4. The Balaban J connectivity index is 2.08. The van der Waals surface area contributed by atoms with Gasteiger partial charge in [0.1, 0.15) is 11.5 Å². The lowest BCUT2D eigenvalue weighted by molar-refractivity contribution is 0.111. The Morgan fingerprint density at radius 2 is 1.11 bits per heavy atom. The van der Waals surface area contributed by atoms with Crippen LogP contribution in [0.5, 0.6) is 11.5 Å². The number of phenols is 2. The smallest absolute Gasteiger partial charge is 0.154 e. The summed E-state index contributed by atoms with van der Waals surface area (Å²) < 4.78 is 0. The number of aldehydes is 2. The number of hydrogen-bond donors (Lipinski definition) is 2. The first kappa shape index (κ1) is 25.5. The van der Waals surface area contributed by atoms with E-state index in [9.17, 15) is 19.8 Å². The van der Waals surface area contributed by atoms with Crippen LogP contribution in [0, 0.1) is 0 Å². The molecule has 0 bridgehead atoms. The van der Waals surface area contributed by atoms with E-state index in [0.717, 1.165) is 97.3 Å². The number of unbranched alkanes of at least 4 members (excludes halogenated alkanes) is 2. The summed E-state index contributed by atoms with van der Waals surface area (Å²) in [5.41, 5.74) is 5.10. The van der Waals surface area contributed by atoms with Gasteiger partial charge in [-0.25, -0.2) is 0 Å². The molecule has 2 aromatic carbocycles. The van der Waals surface area contributed by atoms with Crippen LogP contribution in [0.15, 0.2) is 12.1 Å². The molecule has 0 fully saturated rings. The Bertz CT molecular complexity index is 1090. The molecule has 0 atom stereocenters. The van der Waals surface area contributed by atoms with Crippen LogP contribution in [0.2, 0.25) is 0 Å². The van der Waals surface area contributed by atoms with Crippen molar-refractivity contribution in [2.45, 2.75) is 109 Å². The molecule has 0 saturated heterocycles. The first-order valence-corrected chi connectivity index (χ1v) is 13.2. The molecule has 0 amide bonds. The van der Waals surface area contributed by atoms with E-state index < -0.39 is 5.41 Å². The Morgan fingerprint density at radius 3 is 1.43 bits per heavy atom. The largest absolute Gasteiger partial charge is 0.507 e. The Labute approximate surface area is 209 Å². The lowest BCUT2D eigenvalue weighted by atomic mass is 9.70. The van der Waals surface area contributed by atoms with Gasteiger partial charge in [0.25, 0.3) is 0 Å². The van der Waals surface area contributed by atoms with Crippen LogP contribution in [-0.2, 0) is 29.1 Å². The zero-order valence-electron chi connectivity index (χ0n) is 22.2. The van der Waals surface area contributed by atoms with Crippen LogP contribution >= 0.6 is 0 Å². The predicted octanol–water partition coefficient (Wildman–Crippen LogP) is 7.06. The minimum atomic E-state index is -0.619. The number of aryl methyl sites for hydroxylation is 2. The number of rotatable bonds is 8. The van der Waals surface area contributed by atoms with Crippen molar-refractivity contribution in [1.29, 1.82) is 0 Å². The van der Waals surface area contributed by atoms with Crippen molar-refractivity contribution >= 4 is 12.6 Å². The molecule has 1 spiro atoms. The summed E-state index contributed by atoms with van der Waals surface area (Å²) in [6.45, 7) is 13.0. The van der Waals surface area contributed by atoms with Crippen molar-refractivity contribution in [3.63, 3.8) is 0 Å². The highest BCUT2D eigenvalue weighted by Crippen LogP contribution is 2.65. The molecule has 2 aliphatic carbocycles. The molecule has 2 N–H and O–H groups in total. The number of aromatic hydroxyl groups is 2. The van der Waals surface area contributed by atoms with Gasteiger partial charge in [-0.05, 0) is 82.7 Å². The third kappa shape index (κ3) is 3.72. The molecule has 0 saturated carbocycles. The van der Waals surface area contributed by atoms with E-state index >= 15 is 0 Å². The Hall–Kier alpha value is -2.62. The van der Waals surface area contributed by atoms with Crippen molar-refractivity contribution in [1.82, 2.24) is 0 Å². The highest BCUT2D eigenvalue weighted by atomic mass is 16.3. The molecule has 0 aliphatic heterocycles. The van der Waals surface area contributed by atoms with Gasteiger partial charge >= 0.3 is 0 Å². The van der Waals surface area contributed by atoms with Crippen LogP contribution in [0.25, 0.3) is 0 Å². The standard InChI is InChI=1S/C31H40O4/c1-7-9-11-19-13-23-25(21(15-32)27(19)34)31(17-29(23,3)4)18-30(5,6)24-14-20(12-10-8-2)28(35)22(16-33)26(24)31/h13-16,34-35H,7-12,17-18H2,1-6H3. The molecule has 4 rings (SSSR count). The van der Waals surface area contributed by atoms with Crippen molar-refractivity contribution in [2.75, 3.05) is 0 Å². The minimum absolute atomic E-state index is 0.0759. The molecule has 35 heavy (non-hydrogen) atoms. The molecule has 0 unspecified atom stereocenters. The molecule has 2 aromatic rings. The highest BCUT2D eigenvalue weighted by Gasteiger charge is 2.59. The van der Waals surface area contributed by atoms with Crippen molar-refractivity contribution in [3.05, 3.63) is 56.6 Å². The second-order valence-electron chi connectivity index (χ2n) is 12.1. The highest BCUT2D eigenvalue weighted by molar-refractivity contribution is 5.90. The van der Waals surface area contributed by atoms with Gasteiger partial charge in [0.05, 0.1) is 11.1 Å². The van der Waals surface area contributed by atoms with Crippen molar-refractivity contribution in [2.24, 2.45) is 0 Å². The van der Waals surface area contributed by atoms with Gasteiger partial charge < -0.3 is 10.2 Å². The first-order chi connectivity index (χ1) is 16.5. The molecule has 0 radical (unpaired) electrons. The van der Waals surface area contributed by atoms with Gasteiger partial charge in [-0.15, -0.1) is 0 Å². The fourth-order valence-corrected chi connectivity index (χ4v) is 7.19. The summed E-state index contributed by atoms with van der Waals surface area (Å²) >= 11 is 0. The number of hydrogen-bond acceptors (Lipinski definition) is 4. The van der Waals surface area contributed by atoms with Gasteiger partial charge in [-0.2, -0.15) is 0 Å². The van der Waals surface area contributed by atoms with E-state index in [4.69, 9.17) is 0 Å². The minimum Gasteiger partial charge on any atom is -0.507 e. The summed E-state index contributed by atoms with van der Waals surface area (Å²) in [5, 5.41) is 22.5. The fraction of sp³-hybridized carbons (Fsp3) is 0.548. The second kappa shape index (κ2) is 8.80. The lowest BCUT2D eigenvalue weighted by Crippen LogP contribution is -2.28. The average molecular weight is 477 g/mol. The molecular formula is C31H40O4. The Morgan fingerprint density at radius 1 is 0.743 bits per heavy atom. The van der Waals surface area contributed by atoms with E-state index in [1.54, 1.807) is 0 Å². The second-order valence-corrected chi connectivity index (χ2v) is 12.1. The Kier molecular flexibility index (Phi) is 6.40. The maximum Gasteiger partial charge on any atom is 0.154 e. The zero-order chi connectivity index (χ0) is 25.8. The van der Waals surface area contributed by atoms with Gasteiger partial charge in [0.15, 0.2) is 12.6 Å². The monoisotopic (exact) mass is 476 g/mol. The van der Waals surface area contributed by atoms with Crippen LogP contribution in [0.4, 0.5) is 0 Å². The molecule has 0 heterocycles. The van der Waals surface area contributed by atoms with E-state index in [1.165, 1.54) is 0 Å². The summed E-state index contributed by atoms with van der Waals surface area (Å²) in [4.78, 5) is 25.1. The maximum absolute atomic E-state index is 12.6. The van der Waals surface area contributed by atoms with Crippen LogP contribution in [-0.4, -0.2) is 22.8 Å². The molecule has 0 aromatic heterocycles. The van der Waals surface area contributed by atoms with Gasteiger partial charge in [0.2, 0.25) is 0 Å². The molecule has 188 valence electrons. The summed E-state index contributed by atoms with van der Waals surface area (Å²) in [7, 11) is 0. The summed E-state index contributed by atoms with van der Waals surface area (Å²) in [5.74, 6) is 0.152. The van der Waals surface area contributed by atoms with Crippen LogP contribution in [0.1, 0.15) is 134 Å². The number of benzene rings is 2. The topological polar surface area (TPSA) is 74.6 Å². The quantitative estimate of drug-likeness (QED) is 0.400. The number of phenolic OH excluding ortho intramolecular Hbond substituents is 2. The van der Waals surface area contributed by atoms with Crippen LogP contribution < -0.4 is 0 Å². The van der Waals surface area contributed by atoms with Gasteiger partial charge in [-0.1, -0.05) is 66.5 Å². The third-order valence-electron chi connectivity index (χ3n) is 8.57. The van der Waals surface area contributed by atoms with E-state index in [2.05, 4.69) is 53.7 Å². The number of carbonyl (C=O) groups is 2. The van der Waals surface area contributed by atoms with Crippen molar-refractivity contribution < 1.29 is 19.8 Å². The lowest BCUT2D eigenvalue weighted by Gasteiger charge is -2.32. The average Bonchev–Trinajstić information content (AvgIpc) is 3.15. The zero-order valence-corrected chi connectivity index (χ0v) is 22.2. The van der Waals surface area contributed by atoms with E-state index in [-0.39, 0.29) is 22.3 Å². The summed E-state index contributed by atoms with van der Waals surface area (Å²) in [6.07, 6.45) is 8.38. The van der Waals surface area contributed by atoms with Crippen LogP contribution in [0.3, 0.4) is 0 Å². The predicted molar refractivity (Wildman–Crippen MR) is 140 cm³/mol. The molecule has 4 heteroatoms. The molecule has 4 nitrogen and oxygen atoms in total. The fourth-order valence-electron chi connectivity index (χ4n) is 7.19. The van der Waals surface area contributed by atoms with Crippen molar-refractivity contribution in [3.8, 4) is 11.5 Å². The van der Waals surface area contributed by atoms with E-state index in [1.807, 2.05) is 0 Å². The maximum atomic E-state index is 12.6. The van der Waals surface area contributed by atoms with E-state index in [0.29, 0.717) is 11.1 Å². The normalized spacial score (nSPS) is 18.5. The van der Waals surface area contributed by atoms with Gasteiger partial charge in [0, 0.05) is 5.41 Å².